The summed E-state index contributed by atoms with van der Waals surface area (Å²) in [6, 6.07) is 7.12. The second-order valence-electron chi connectivity index (χ2n) is 5.53. The van der Waals surface area contributed by atoms with E-state index >= 15 is 0 Å². The zero-order chi connectivity index (χ0) is 13.4. The van der Waals surface area contributed by atoms with Crippen molar-refractivity contribution in [3.05, 3.63) is 34.9 Å². The highest BCUT2D eigenvalue weighted by Crippen LogP contribution is 2.33. The van der Waals surface area contributed by atoms with Gasteiger partial charge in [-0.2, -0.15) is 0 Å². The molecule has 1 aromatic carbocycles. The maximum absolute atomic E-state index is 12.4. The van der Waals surface area contributed by atoms with Crippen LogP contribution in [-0.2, 0) is 4.74 Å². The molecule has 2 heterocycles. The molecule has 1 aromatic rings. The lowest BCUT2D eigenvalue weighted by Gasteiger charge is -2.34. The topological polar surface area (TPSA) is 29.5 Å². The number of likely N-dealkylation sites (tertiary alicyclic amines) is 1. The molecule has 3 rings (SSSR count). The van der Waals surface area contributed by atoms with Gasteiger partial charge in [-0.05, 0) is 44.0 Å². The fraction of sp³-hybridized carbons (Fsp3) is 0.533. The number of carbonyl (C=O) groups excluding carboxylic acids is 1. The Hall–Kier alpha value is -1.06. The van der Waals surface area contributed by atoms with Gasteiger partial charge >= 0.3 is 0 Å². The predicted molar refractivity (Wildman–Crippen MR) is 74.4 cm³/mol. The molecule has 0 radical (unpaired) electrons. The Morgan fingerprint density at radius 3 is 2.84 bits per heavy atom. The number of piperidine rings is 1. The quantitative estimate of drug-likeness (QED) is 0.791. The number of hydrogen-bond acceptors (Lipinski definition) is 2. The SMILES string of the molecule is C[C@@H]1C[C@@H]2CN(C(=O)c3ccc(Cl)cc3)CC[C@H]2O1. The Bertz CT molecular complexity index is 474. The average Bonchev–Trinajstić information content (AvgIpc) is 2.77. The van der Waals surface area contributed by atoms with Crippen LogP contribution in [-0.4, -0.2) is 36.1 Å². The first-order valence-corrected chi connectivity index (χ1v) is 7.21. The van der Waals surface area contributed by atoms with Crippen molar-refractivity contribution in [3.63, 3.8) is 0 Å². The standard InChI is InChI=1S/C15H18ClNO2/c1-10-8-12-9-17(7-6-14(12)19-10)15(18)11-2-4-13(16)5-3-11/h2-5,10,12,14H,6-9H2,1H3/t10-,12-,14-/m1/s1. The summed E-state index contributed by atoms with van der Waals surface area (Å²) in [7, 11) is 0. The molecule has 0 aliphatic carbocycles. The molecule has 4 heteroatoms. The molecule has 1 amide bonds. The molecule has 0 bridgehead atoms. The lowest BCUT2D eigenvalue weighted by Crippen LogP contribution is -2.44. The van der Waals surface area contributed by atoms with Crippen molar-refractivity contribution in [1.29, 1.82) is 0 Å². The van der Waals surface area contributed by atoms with Crippen molar-refractivity contribution in [1.82, 2.24) is 4.90 Å². The van der Waals surface area contributed by atoms with Gasteiger partial charge in [0.05, 0.1) is 12.2 Å². The van der Waals surface area contributed by atoms with Gasteiger partial charge in [0, 0.05) is 29.6 Å². The van der Waals surface area contributed by atoms with E-state index in [1.165, 1.54) is 0 Å². The minimum atomic E-state index is 0.106. The van der Waals surface area contributed by atoms with E-state index < -0.39 is 0 Å². The molecule has 0 saturated carbocycles. The highest BCUT2D eigenvalue weighted by atomic mass is 35.5. The highest BCUT2D eigenvalue weighted by molar-refractivity contribution is 6.30. The van der Waals surface area contributed by atoms with Gasteiger partial charge in [0.2, 0.25) is 0 Å². The van der Waals surface area contributed by atoms with Gasteiger partial charge in [0.1, 0.15) is 0 Å². The van der Waals surface area contributed by atoms with E-state index in [1.807, 2.05) is 4.90 Å². The Kier molecular flexibility index (Phi) is 3.50. The number of ether oxygens (including phenoxy) is 1. The molecule has 0 N–H and O–H groups in total. The van der Waals surface area contributed by atoms with E-state index in [1.54, 1.807) is 24.3 Å². The molecule has 0 aromatic heterocycles. The van der Waals surface area contributed by atoms with Crippen LogP contribution in [0.25, 0.3) is 0 Å². The van der Waals surface area contributed by atoms with Crippen molar-refractivity contribution in [2.45, 2.75) is 32.0 Å². The lowest BCUT2D eigenvalue weighted by molar-refractivity contribution is 0.00865. The van der Waals surface area contributed by atoms with E-state index in [4.69, 9.17) is 16.3 Å². The van der Waals surface area contributed by atoms with Crippen LogP contribution in [0.5, 0.6) is 0 Å². The number of amides is 1. The van der Waals surface area contributed by atoms with Gasteiger partial charge in [-0.1, -0.05) is 11.6 Å². The van der Waals surface area contributed by atoms with E-state index in [0.29, 0.717) is 23.1 Å². The number of halogens is 1. The van der Waals surface area contributed by atoms with Crippen LogP contribution >= 0.6 is 11.6 Å². The zero-order valence-corrected chi connectivity index (χ0v) is 11.8. The summed E-state index contributed by atoms with van der Waals surface area (Å²) in [5.74, 6) is 0.606. The van der Waals surface area contributed by atoms with Gasteiger partial charge in [-0.3, -0.25) is 4.79 Å². The summed E-state index contributed by atoms with van der Waals surface area (Å²) in [6.45, 7) is 3.72. The third kappa shape index (κ3) is 2.63. The van der Waals surface area contributed by atoms with Crippen LogP contribution in [0.3, 0.4) is 0 Å². The fourth-order valence-electron chi connectivity index (χ4n) is 3.16. The first-order chi connectivity index (χ1) is 9.13. The minimum absolute atomic E-state index is 0.106. The molecular formula is C15H18ClNO2. The van der Waals surface area contributed by atoms with E-state index in [9.17, 15) is 4.79 Å². The van der Waals surface area contributed by atoms with Crippen LogP contribution in [0.15, 0.2) is 24.3 Å². The van der Waals surface area contributed by atoms with Gasteiger partial charge in [-0.15, -0.1) is 0 Å². The van der Waals surface area contributed by atoms with Gasteiger partial charge in [0.25, 0.3) is 5.91 Å². The van der Waals surface area contributed by atoms with Gasteiger partial charge < -0.3 is 9.64 Å². The molecule has 3 atom stereocenters. The van der Waals surface area contributed by atoms with E-state index in [-0.39, 0.29) is 5.91 Å². The first-order valence-electron chi connectivity index (χ1n) is 6.84. The van der Waals surface area contributed by atoms with E-state index in [0.717, 1.165) is 31.5 Å². The van der Waals surface area contributed by atoms with E-state index in [2.05, 4.69) is 6.92 Å². The smallest absolute Gasteiger partial charge is 0.253 e. The zero-order valence-electron chi connectivity index (χ0n) is 11.0. The number of hydrogen-bond donors (Lipinski definition) is 0. The molecule has 2 fully saturated rings. The molecule has 0 unspecified atom stereocenters. The van der Waals surface area contributed by atoms with Crippen molar-refractivity contribution in [3.8, 4) is 0 Å². The number of carbonyl (C=O) groups is 1. The molecule has 102 valence electrons. The Balaban J connectivity index is 1.70. The maximum atomic E-state index is 12.4. The lowest BCUT2D eigenvalue weighted by atomic mass is 9.92. The predicted octanol–water partition coefficient (Wildman–Crippen LogP) is 2.98. The number of fused-ring (bicyclic) bond motifs is 1. The number of benzene rings is 1. The van der Waals surface area contributed by atoms with Gasteiger partial charge in [0.15, 0.2) is 0 Å². The van der Waals surface area contributed by atoms with Crippen LogP contribution in [0.4, 0.5) is 0 Å². The Morgan fingerprint density at radius 1 is 1.37 bits per heavy atom. The van der Waals surface area contributed by atoms with Crippen molar-refractivity contribution in [2.24, 2.45) is 5.92 Å². The highest BCUT2D eigenvalue weighted by Gasteiger charge is 2.38. The van der Waals surface area contributed by atoms with Crippen molar-refractivity contribution >= 4 is 17.5 Å². The molecule has 19 heavy (non-hydrogen) atoms. The largest absolute Gasteiger partial charge is 0.375 e. The summed E-state index contributed by atoms with van der Waals surface area (Å²) < 4.78 is 5.86. The maximum Gasteiger partial charge on any atom is 0.253 e. The monoisotopic (exact) mass is 279 g/mol. The second-order valence-corrected chi connectivity index (χ2v) is 5.96. The fourth-order valence-corrected chi connectivity index (χ4v) is 3.28. The normalized spacial score (nSPS) is 30.2. The summed E-state index contributed by atoms with van der Waals surface area (Å²) in [5, 5.41) is 0.660. The Morgan fingerprint density at radius 2 is 2.11 bits per heavy atom. The molecule has 2 saturated heterocycles. The van der Waals surface area contributed by atoms with Crippen LogP contribution in [0.2, 0.25) is 5.02 Å². The minimum Gasteiger partial charge on any atom is -0.375 e. The molecule has 0 spiro atoms. The van der Waals surface area contributed by atoms with Gasteiger partial charge in [-0.25, -0.2) is 0 Å². The summed E-state index contributed by atoms with van der Waals surface area (Å²) in [5.41, 5.74) is 0.717. The van der Waals surface area contributed by atoms with Crippen molar-refractivity contribution in [2.75, 3.05) is 13.1 Å². The van der Waals surface area contributed by atoms with Crippen LogP contribution in [0, 0.1) is 5.92 Å². The molecule has 3 nitrogen and oxygen atoms in total. The molecule has 2 aliphatic heterocycles. The van der Waals surface area contributed by atoms with Crippen LogP contribution in [0.1, 0.15) is 30.1 Å². The number of rotatable bonds is 1. The van der Waals surface area contributed by atoms with Crippen molar-refractivity contribution < 1.29 is 9.53 Å². The number of nitrogens with zero attached hydrogens (tertiary/aromatic N) is 1. The third-order valence-electron chi connectivity index (χ3n) is 4.08. The summed E-state index contributed by atoms with van der Waals surface area (Å²) >= 11 is 5.85. The third-order valence-corrected chi connectivity index (χ3v) is 4.34. The van der Waals surface area contributed by atoms with Crippen LogP contribution < -0.4 is 0 Å². The Labute approximate surface area is 118 Å². The average molecular weight is 280 g/mol. The summed E-state index contributed by atoms with van der Waals surface area (Å²) in [6.07, 6.45) is 2.70. The molecule has 2 aliphatic rings. The summed E-state index contributed by atoms with van der Waals surface area (Å²) in [4.78, 5) is 14.4. The molecular weight excluding hydrogens is 262 g/mol. The first kappa shape index (κ1) is 12.9. The second kappa shape index (κ2) is 5.14.